The van der Waals surface area contributed by atoms with Crippen LogP contribution < -0.4 is 15.4 Å². The van der Waals surface area contributed by atoms with Gasteiger partial charge in [0.2, 0.25) is 0 Å². The van der Waals surface area contributed by atoms with E-state index in [1.54, 1.807) is 31.2 Å². The number of hydrogen-bond acceptors (Lipinski definition) is 3. The van der Waals surface area contributed by atoms with Crippen molar-refractivity contribution in [3.63, 3.8) is 0 Å². The summed E-state index contributed by atoms with van der Waals surface area (Å²) in [6, 6.07) is 14.8. The average Bonchev–Trinajstić information content (AvgIpc) is 2.67. The number of benzene rings is 2. The van der Waals surface area contributed by atoms with Gasteiger partial charge in [-0.3, -0.25) is 9.59 Å². The zero-order valence-corrected chi connectivity index (χ0v) is 18.2. The van der Waals surface area contributed by atoms with Crippen molar-refractivity contribution in [2.75, 3.05) is 5.32 Å². The monoisotopic (exact) mass is 396 g/mol. The SMILES string of the molecule is CC[C@@H](C)NC(=O)c1ccccc1NC(=O)[C@@H](C)Oc1ccc(C(C)(C)C)cc1. The molecule has 0 spiro atoms. The van der Waals surface area contributed by atoms with E-state index in [1.807, 2.05) is 38.1 Å². The van der Waals surface area contributed by atoms with E-state index in [4.69, 9.17) is 4.74 Å². The summed E-state index contributed by atoms with van der Waals surface area (Å²) in [7, 11) is 0. The van der Waals surface area contributed by atoms with E-state index in [2.05, 4.69) is 31.4 Å². The molecule has 2 N–H and O–H groups in total. The van der Waals surface area contributed by atoms with Crippen LogP contribution in [-0.4, -0.2) is 24.0 Å². The molecular formula is C24H32N2O3. The minimum Gasteiger partial charge on any atom is -0.481 e. The first-order valence-electron chi connectivity index (χ1n) is 10.1. The average molecular weight is 397 g/mol. The van der Waals surface area contributed by atoms with Gasteiger partial charge in [0.1, 0.15) is 5.75 Å². The predicted molar refractivity (Wildman–Crippen MR) is 118 cm³/mol. The van der Waals surface area contributed by atoms with Crippen molar-refractivity contribution < 1.29 is 14.3 Å². The fraction of sp³-hybridized carbons (Fsp3) is 0.417. The summed E-state index contributed by atoms with van der Waals surface area (Å²) in [5.74, 6) is 0.110. The second-order valence-electron chi connectivity index (χ2n) is 8.35. The summed E-state index contributed by atoms with van der Waals surface area (Å²) in [5.41, 5.74) is 2.16. The molecule has 2 amide bonds. The molecule has 29 heavy (non-hydrogen) atoms. The summed E-state index contributed by atoms with van der Waals surface area (Å²) in [6.07, 6.45) is 0.125. The Labute approximate surface area is 173 Å². The summed E-state index contributed by atoms with van der Waals surface area (Å²) in [5, 5.41) is 5.74. The zero-order valence-electron chi connectivity index (χ0n) is 18.2. The van der Waals surface area contributed by atoms with Crippen LogP contribution in [0.2, 0.25) is 0 Å². The maximum atomic E-state index is 12.6. The van der Waals surface area contributed by atoms with Crippen LogP contribution in [-0.2, 0) is 10.2 Å². The van der Waals surface area contributed by atoms with Crippen LogP contribution in [0.5, 0.6) is 5.75 Å². The third-order valence-corrected chi connectivity index (χ3v) is 4.82. The van der Waals surface area contributed by atoms with Gasteiger partial charge in [0.05, 0.1) is 11.3 Å². The van der Waals surface area contributed by atoms with E-state index in [1.165, 1.54) is 5.56 Å². The van der Waals surface area contributed by atoms with Crippen molar-refractivity contribution in [2.45, 2.75) is 65.5 Å². The molecule has 5 nitrogen and oxygen atoms in total. The Hall–Kier alpha value is -2.82. The molecule has 0 unspecified atom stereocenters. The first-order valence-corrected chi connectivity index (χ1v) is 10.1. The molecule has 2 atom stereocenters. The first-order chi connectivity index (χ1) is 13.6. The topological polar surface area (TPSA) is 67.4 Å². The van der Waals surface area contributed by atoms with Gasteiger partial charge in [-0.1, -0.05) is 52.0 Å². The van der Waals surface area contributed by atoms with Gasteiger partial charge < -0.3 is 15.4 Å². The number of rotatable bonds is 7. The van der Waals surface area contributed by atoms with E-state index >= 15 is 0 Å². The van der Waals surface area contributed by atoms with Gasteiger partial charge in [0, 0.05) is 6.04 Å². The van der Waals surface area contributed by atoms with Crippen molar-refractivity contribution in [1.82, 2.24) is 5.32 Å². The molecule has 5 heteroatoms. The molecule has 0 aromatic heterocycles. The van der Waals surface area contributed by atoms with Crippen LogP contribution in [0.25, 0.3) is 0 Å². The number of amides is 2. The van der Waals surface area contributed by atoms with Crippen molar-refractivity contribution in [3.05, 3.63) is 59.7 Å². The Balaban J connectivity index is 2.05. The third kappa shape index (κ3) is 6.34. The minimum atomic E-state index is -0.707. The molecule has 0 fully saturated rings. The van der Waals surface area contributed by atoms with Crippen molar-refractivity contribution in [3.8, 4) is 5.75 Å². The molecule has 0 aliphatic rings. The highest BCUT2D eigenvalue weighted by Gasteiger charge is 2.19. The lowest BCUT2D eigenvalue weighted by atomic mass is 9.87. The van der Waals surface area contributed by atoms with E-state index in [0.29, 0.717) is 17.0 Å². The lowest BCUT2D eigenvalue weighted by Crippen LogP contribution is -2.34. The molecule has 2 aromatic rings. The highest BCUT2D eigenvalue weighted by molar-refractivity contribution is 6.04. The quantitative estimate of drug-likeness (QED) is 0.698. The second kappa shape index (κ2) is 9.59. The maximum absolute atomic E-state index is 12.6. The van der Waals surface area contributed by atoms with Gasteiger partial charge >= 0.3 is 0 Å². The zero-order chi connectivity index (χ0) is 21.6. The van der Waals surface area contributed by atoms with Gasteiger partial charge in [-0.2, -0.15) is 0 Å². The van der Waals surface area contributed by atoms with Gasteiger partial charge in [-0.15, -0.1) is 0 Å². The molecule has 0 heterocycles. The van der Waals surface area contributed by atoms with Crippen LogP contribution in [0, 0.1) is 0 Å². The summed E-state index contributed by atoms with van der Waals surface area (Å²) in [6.45, 7) is 12.1. The Morgan fingerprint density at radius 2 is 1.62 bits per heavy atom. The highest BCUT2D eigenvalue weighted by Crippen LogP contribution is 2.25. The minimum absolute atomic E-state index is 0.0566. The van der Waals surface area contributed by atoms with Gasteiger partial charge in [-0.25, -0.2) is 0 Å². The largest absolute Gasteiger partial charge is 0.481 e. The van der Waals surface area contributed by atoms with Crippen LogP contribution in [0.3, 0.4) is 0 Å². The van der Waals surface area contributed by atoms with Crippen molar-refractivity contribution in [1.29, 1.82) is 0 Å². The second-order valence-corrected chi connectivity index (χ2v) is 8.35. The van der Waals surface area contributed by atoms with Gasteiger partial charge in [-0.05, 0) is 55.5 Å². The molecule has 0 aliphatic carbocycles. The van der Waals surface area contributed by atoms with E-state index in [0.717, 1.165) is 6.42 Å². The normalized spacial score (nSPS) is 13.3. The van der Waals surface area contributed by atoms with Crippen LogP contribution in [0.15, 0.2) is 48.5 Å². The number of anilines is 1. The van der Waals surface area contributed by atoms with Crippen LogP contribution in [0.1, 0.15) is 63.9 Å². The van der Waals surface area contributed by atoms with Crippen molar-refractivity contribution in [2.24, 2.45) is 0 Å². The van der Waals surface area contributed by atoms with E-state index in [-0.39, 0.29) is 23.3 Å². The lowest BCUT2D eigenvalue weighted by Gasteiger charge is -2.20. The molecule has 0 bridgehead atoms. The summed E-state index contributed by atoms with van der Waals surface area (Å²) >= 11 is 0. The number of carbonyl (C=O) groups excluding carboxylic acids is 2. The Morgan fingerprint density at radius 3 is 2.21 bits per heavy atom. The number of ether oxygens (including phenoxy) is 1. The Morgan fingerprint density at radius 1 is 1.00 bits per heavy atom. The molecule has 0 aliphatic heterocycles. The third-order valence-electron chi connectivity index (χ3n) is 4.82. The first kappa shape index (κ1) is 22.5. The lowest BCUT2D eigenvalue weighted by molar-refractivity contribution is -0.122. The molecule has 156 valence electrons. The molecule has 0 saturated carbocycles. The fourth-order valence-corrected chi connectivity index (χ4v) is 2.72. The standard InChI is InChI=1S/C24H32N2O3/c1-7-16(2)25-23(28)20-10-8-9-11-21(20)26-22(27)17(3)29-19-14-12-18(13-15-19)24(4,5)6/h8-17H,7H2,1-6H3,(H,25,28)(H,26,27)/t16-,17-/m1/s1. The number of hydrogen-bond donors (Lipinski definition) is 2. The van der Waals surface area contributed by atoms with Gasteiger partial charge in [0.25, 0.3) is 11.8 Å². The molecule has 2 rings (SSSR count). The van der Waals surface area contributed by atoms with Crippen LogP contribution in [0.4, 0.5) is 5.69 Å². The molecular weight excluding hydrogens is 364 g/mol. The number of nitrogens with one attached hydrogen (secondary N) is 2. The van der Waals surface area contributed by atoms with Crippen molar-refractivity contribution >= 4 is 17.5 Å². The van der Waals surface area contributed by atoms with Gasteiger partial charge in [0.15, 0.2) is 6.10 Å². The summed E-state index contributed by atoms with van der Waals surface area (Å²) in [4.78, 5) is 25.1. The number of para-hydroxylation sites is 1. The van der Waals surface area contributed by atoms with E-state index < -0.39 is 6.10 Å². The summed E-state index contributed by atoms with van der Waals surface area (Å²) < 4.78 is 5.79. The Kier molecular flexibility index (Phi) is 7.43. The molecule has 2 aromatic carbocycles. The maximum Gasteiger partial charge on any atom is 0.265 e. The molecule has 0 saturated heterocycles. The predicted octanol–water partition coefficient (Wildman–Crippen LogP) is 4.92. The Bertz CT molecular complexity index is 838. The fourth-order valence-electron chi connectivity index (χ4n) is 2.72. The highest BCUT2D eigenvalue weighted by atomic mass is 16.5. The van der Waals surface area contributed by atoms with Crippen LogP contribution >= 0.6 is 0 Å². The number of carbonyl (C=O) groups is 2. The van der Waals surface area contributed by atoms with E-state index in [9.17, 15) is 9.59 Å². The molecule has 0 radical (unpaired) electrons. The smallest absolute Gasteiger partial charge is 0.265 e.